The first-order valence-corrected chi connectivity index (χ1v) is 7.71. The summed E-state index contributed by atoms with van der Waals surface area (Å²) in [5, 5.41) is 13.8. The van der Waals surface area contributed by atoms with Crippen molar-refractivity contribution < 1.29 is 14.3 Å². The van der Waals surface area contributed by atoms with Crippen LogP contribution in [0.1, 0.15) is 22.3 Å². The fraction of sp³-hybridized carbons (Fsp3) is 0.125. The van der Waals surface area contributed by atoms with E-state index in [1.54, 1.807) is 30.0 Å². The molecule has 0 aliphatic carbocycles. The summed E-state index contributed by atoms with van der Waals surface area (Å²) in [7, 11) is 0. The van der Waals surface area contributed by atoms with Gasteiger partial charge in [-0.3, -0.25) is 4.79 Å². The zero-order chi connectivity index (χ0) is 15.5. The van der Waals surface area contributed by atoms with Gasteiger partial charge in [-0.05, 0) is 30.3 Å². The van der Waals surface area contributed by atoms with Gasteiger partial charge >= 0.3 is 0 Å². The topological polar surface area (TPSA) is 61.7 Å². The Bertz CT molecular complexity index is 762. The highest BCUT2D eigenvalue weighted by Crippen LogP contribution is 2.30. The summed E-state index contributed by atoms with van der Waals surface area (Å²) in [6, 6.07) is 10.8. The molecule has 3 rings (SSSR count). The molecule has 0 radical (unpaired) electrons. The number of para-hydroxylation sites is 1. The van der Waals surface area contributed by atoms with E-state index in [4.69, 9.17) is 0 Å². The number of nitrogens with zero attached hydrogens (tertiary/aromatic N) is 1. The number of fused-ring (bicyclic) bond motifs is 1. The minimum Gasteiger partial charge on any atom is -0.507 e. The van der Waals surface area contributed by atoms with E-state index >= 15 is 0 Å². The van der Waals surface area contributed by atoms with Crippen molar-refractivity contribution in [2.75, 3.05) is 5.75 Å². The standard InChI is InChI=1S/C16H13FN2O2S/c17-10-5-6-15-12(9-10)13(7-8-22-15)18-19-16(21)11-3-1-2-4-14(11)20/h1-6,9,20H,7-8H2,(H,19,21)/b18-13-. The molecule has 0 bridgehead atoms. The first-order chi connectivity index (χ1) is 10.6. The van der Waals surface area contributed by atoms with Gasteiger partial charge in [-0.25, -0.2) is 9.82 Å². The summed E-state index contributed by atoms with van der Waals surface area (Å²) >= 11 is 1.63. The third kappa shape index (κ3) is 2.96. The fourth-order valence-corrected chi connectivity index (χ4v) is 3.22. The Morgan fingerprint density at radius 1 is 1.27 bits per heavy atom. The average Bonchev–Trinajstić information content (AvgIpc) is 2.53. The van der Waals surface area contributed by atoms with Gasteiger partial charge in [0.25, 0.3) is 5.91 Å². The van der Waals surface area contributed by atoms with Crippen LogP contribution in [0.5, 0.6) is 5.75 Å². The van der Waals surface area contributed by atoms with E-state index in [2.05, 4.69) is 10.5 Å². The quantitative estimate of drug-likeness (QED) is 0.837. The number of carbonyl (C=O) groups excluding carboxylic acids is 1. The third-order valence-electron chi connectivity index (χ3n) is 3.29. The van der Waals surface area contributed by atoms with Gasteiger partial charge in [-0.1, -0.05) is 12.1 Å². The highest BCUT2D eigenvalue weighted by atomic mass is 32.2. The molecule has 0 saturated heterocycles. The van der Waals surface area contributed by atoms with Gasteiger partial charge in [0.1, 0.15) is 11.6 Å². The van der Waals surface area contributed by atoms with Crippen LogP contribution in [0.2, 0.25) is 0 Å². The molecule has 0 fully saturated rings. The lowest BCUT2D eigenvalue weighted by Crippen LogP contribution is -2.22. The normalized spacial score (nSPS) is 15.4. The molecule has 0 spiro atoms. The Kier molecular flexibility index (Phi) is 4.11. The Morgan fingerprint density at radius 2 is 2.09 bits per heavy atom. The van der Waals surface area contributed by atoms with Crippen LogP contribution in [0.3, 0.4) is 0 Å². The number of hydrogen-bond acceptors (Lipinski definition) is 4. The van der Waals surface area contributed by atoms with Crippen molar-refractivity contribution in [1.29, 1.82) is 0 Å². The monoisotopic (exact) mass is 316 g/mol. The summed E-state index contributed by atoms with van der Waals surface area (Å²) in [5.74, 6) is -0.113. The maximum atomic E-state index is 13.4. The number of carbonyl (C=O) groups is 1. The van der Waals surface area contributed by atoms with Crippen LogP contribution in [0.25, 0.3) is 0 Å². The number of halogens is 1. The number of phenols is 1. The fourth-order valence-electron chi connectivity index (χ4n) is 2.21. The molecule has 4 nitrogen and oxygen atoms in total. The lowest BCUT2D eigenvalue weighted by atomic mass is 10.1. The molecule has 1 amide bonds. The van der Waals surface area contributed by atoms with Crippen molar-refractivity contribution in [3.8, 4) is 5.75 Å². The van der Waals surface area contributed by atoms with Crippen LogP contribution < -0.4 is 5.43 Å². The molecular formula is C16H13FN2O2S. The Balaban J connectivity index is 1.84. The summed E-state index contributed by atoms with van der Waals surface area (Å²) < 4.78 is 13.4. The first-order valence-electron chi connectivity index (χ1n) is 6.73. The van der Waals surface area contributed by atoms with E-state index in [-0.39, 0.29) is 17.1 Å². The van der Waals surface area contributed by atoms with Gasteiger partial charge in [-0.2, -0.15) is 5.10 Å². The van der Waals surface area contributed by atoms with E-state index in [0.29, 0.717) is 17.7 Å². The van der Waals surface area contributed by atoms with E-state index in [1.807, 2.05) is 0 Å². The van der Waals surface area contributed by atoms with Crippen LogP contribution >= 0.6 is 11.8 Å². The molecule has 22 heavy (non-hydrogen) atoms. The number of hydrazone groups is 1. The van der Waals surface area contributed by atoms with Gasteiger partial charge in [0, 0.05) is 22.6 Å². The zero-order valence-corrected chi connectivity index (χ0v) is 12.4. The second-order valence-corrected chi connectivity index (χ2v) is 5.89. The molecule has 0 saturated carbocycles. The molecule has 112 valence electrons. The van der Waals surface area contributed by atoms with Crippen LogP contribution in [-0.2, 0) is 0 Å². The van der Waals surface area contributed by atoms with Gasteiger partial charge in [-0.15, -0.1) is 11.8 Å². The lowest BCUT2D eigenvalue weighted by Gasteiger charge is -2.17. The molecule has 6 heteroatoms. The van der Waals surface area contributed by atoms with E-state index in [9.17, 15) is 14.3 Å². The molecule has 2 aromatic carbocycles. The zero-order valence-electron chi connectivity index (χ0n) is 11.5. The second-order valence-electron chi connectivity index (χ2n) is 4.76. The minimum absolute atomic E-state index is 0.106. The highest BCUT2D eigenvalue weighted by molar-refractivity contribution is 7.99. The SMILES string of the molecule is O=C(N/N=C1/CCSc2ccc(F)cc21)c1ccccc1O. The van der Waals surface area contributed by atoms with Crippen molar-refractivity contribution in [2.24, 2.45) is 5.10 Å². The van der Waals surface area contributed by atoms with E-state index in [1.165, 1.54) is 24.3 Å². The van der Waals surface area contributed by atoms with Gasteiger partial charge in [0.15, 0.2) is 0 Å². The van der Waals surface area contributed by atoms with E-state index in [0.717, 1.165) is 10.6 Å². The highest BCUT2D eigenvalue weighted by Gasteiger charge is 2.18. The van der Waals surface area contributed by atoms with E-state index < -0.39 is 5.91 Å². The number of rotatable bonds is 2. The molecule has 1 heterocycles. The lowest BCUT2D eigenvalue weighted by molar-refractivity contribution is 0.0952. The summed E-state index contributed by atoms with van der Waals surface area (Å²) in [5.41, 5.74) is 3.92. The summed E-state index contributed by atoms with van der Waals surface area (Å²) in [6.07, 6.45) is 0.641. The Hall–Kier alpha value is -2.34. The van der Waals surface area contributed by atoms with Gasteiger partial charge in [0.05, 0.1) is 11.3 Å². The van der Waals surface area contributed by atoms with Crippen LogP contribution in [0.4, 0.5) is 4.39 Å². The van der Waals surface area contributed by atoms with Crippen LogP contribution in [-0.4, -0.2) is 22.5 Å². The largest absolute Gasteiger partial charge is 0.507 e. The molecule has 0 aromatic heterocycles. The number of nitrogens with one attached hydrogen (secondary N) is 1. The number of thioether (sulfide) groups is 1. The second kappa shape index (κ2) is 6.19. The molecular weight excluding hydrogens is 303 g/mol. The Labute approximate surface area is 131 Å². The predicted octanol–water partition coefficient (Wildman–Crippen LogP) is 3.16. The van der Waals surface area contributed by atoms with Gasteiger partial charge in [0.2, 0.25) is 0 Å². The van der Waals surface area contributed by atoms with Crippen molar-refractivity contribution in [1.82, 2.24) is 5.43 Å². The average molecular weight is 316 g/mol. The Morgan fingerprint density at radius 3 is 2.91 bits per heavy atom. The number of phenolic OH excluding ortho intramolecular Hbond substituents is 1. The molecule has 2 aromatic rings. The van der Waals surface area contributed by atoms with Crippen molar-refractivity contribution >= 4 is 23.4 Å². The molecule has 0 atom stereocenters. The van der Waals surface area contributed by atoms with Crippen LogP contribution in [0.15, 0.2) is 52.5 Å². The number of hydrogen-bond donors (Lipinski definition) is 2. The number of benzene rings is 2. The third-order valence-corrected chi connectivity index (χ3v) is 4.37. The number of amides is 1. The maximum absolute atomic E-state index is 13.4. The summed E-state index contributed by atoms with van der Waals surface area (Å²) in [6.45, 7) is 0. The predicted molar refractivity (Wildman–Crippen MR) is 83.9 cm³/mol. The molecule has 1 aliphatic heterocycles. The summed E-state index contributed by atoms with van der Waals surface area (Å²) in [4.78, 5) is 13.0. The maximum Gasteiger partial charge on any atom is 0.275 e. The first kappa shape index (κ1) is 14.6. The van der Waals surface area contributed by atoms with Crippen molar-refractivity contribution in [3.05, 3.63) is 59.4 Å². The number of aromatic hydroxyl groups is 1. The molecule has 2 N–H and O–H groups in total. The van der Waals surface area contributed by atoms with Gasteiger partial charge < -0.3 is 5.11 Å². The van der Waals surface area contributed by atoms with Crippen molar-refractivity contribution in [2.45, 2.75) is 11.3 Å². The smallest absolute Gasteiger partial charge is 0.275 e. The molecule has 0 unspecified atom stereocenters. The van der Waals surface area contributed by atoms with Crippen LogP contribution in [0, 0.1) is 5.82 Å². The molecule has 1 aliphatic rings. The minimum atomic E-state index is -0.498. The van der Waals surface area contributed by atoms with Crippen molar-refractivity contribution in [3.63, 3.8) is 0 Å².